The van der Waals surface area contributed by atoms with Crippen LogP contribution >= 0.6 is 11.6 Å². The number of aliphatic hydroxyl groups excluding tert-OH is 1. The molecule has 13 heavy (non-hydrogen) atoms. The highest BCUT2D eigenvalue weighted by Gasteiger charge is 2.11. The second-order valence-electron chi connectivity index (χ2n) is 2.30. The maximum atomic E-state index is 8.89. The van der Waals surface area contributed by atoms with Crippen molar-refractivity contribution < 1.29 is 5.11 Å². The van der Waals surface area contributed by atoms with Crippen LogP contribution in [0.1, 0.15) is 11.6 Å². The molecule has 1 aromatic rings. The summed E-state index contributed by atoms with van der Waals surface area (Å²) in [5.74, 6) is 0. The van der Waals surface area contributed by atoms with Crippen molar-refractivity contribution in [1.82, 2.24) is 4.98 Å². The molecule has 1 aromatic heterocycles. The quantitative estimate of drug-likeness (QED) is 0.458. The topological polar surface area (TPSA) is 81.9 Å². The van der Waals surface area contributed by atoms with E-state index in [2.05, 4.69) is 15.0 Å². The summed E-state index contributed by atoms with van der Waals surface area (Å²) < 4.78 is 0. The third-order valence-electron chi connectivity index (χ3n) is 1.53. The van der Waals surface area contributed by atoms with Crippen LogP contribution in [0.5, 0.6) is 0 Å². The summed E-state index contributed by atoms with van der Waals surface area (Å²) in [5.41, 5.74) is 8.79. The van der Waals surface area contributed by atoms with Gasteiger partial charge in [-0.15, -0.1) is 0 Å². The van der Waals surface area contributed by atoms with Crippen molar-refractivity contribution in [1.29, 1.82) is 0 Å². The average Bonchev–Trinajstić information content (AvgIpc) is 2.16. The third kappa shape index (κ3) is 2.32. The smallest absolute Gasteiger partial charge is 0.0871 e. The second kappa shape index (κ2) is 4.67. The summed E-state index contributed by atoms with van der Waals surface area (Å²) in [5, 5.41) is 12.7. The van der Waals surface area contributed by atoms with Gasteiger partial charge in [-0.05, 0) is 17.2 Å². The van der Waals surface area contributed by atoms with Crippen molar-refractivity contribution in [3.63, 3.8) is 0 Å². The van der Waals surface area contributed by atoms with E-state index in [9.17, 15) is 0 Å². The summed E-state index contributed by atoms with van der Waals surface area (Å²) in [6.45, 7) is -0.270. The molecule has 0 spiro atoms. The molecule has 0 saturated carbocycles. The van der Waals surface area contributed by atoms with Gasteiger partial charge in [0.25, 0.3) is 0 Å². The van der Waals surface area contributed by atoms with Crippen molar-refractivity contribution in [3.05, 3.63) is 39.5 Å². The number of pyridine rings is 1. The lowest BCUT2D eigenvalue weighted by molar-refractivity contribution is 0.268. The Balaban J connectivity index is 3.04. The summed E-state index contributed by atoms with van der Waals surface area (Å²) in [7, 11) is 0. The number of aliphatic hydroxyl groups is 1. The lowest BCUT2D eigenvalue weighted by Crippen LogP contribution is -2.00. The highest BCUT2D eigenvalue weighted by atomic mass is 35.5. The van der Waals surface area contributed by atoms with Crippen LogP contribution in [-0.2, 0) is 0 Å². The Morgan fingerprint density at radius 2 is 2.54 bits per heavy atom. The Bertz CT molecular complexity index is 337. The molecule has 68 valence electrons. The van der Waals surface area contributed by atoms with Gasteiger partial charge >= 0.3 is 0 Å². The van der Waals surface area contributed by atoms with E-state index < -0.39 is 6.04 Å². The van der Waals surface area contributed by atoms with E-state index in [-0.39, 0.29) is 6.61 Å². The van der Waals surface area contributed by atoms with E-state index >= 15 is 0 Å². The third-order valence-corrected chi connectivity index (χ3v) is 1.84. The summed E-state index contributed by atoms with van der Waals surface area (Å²) in [4.78, 5) is 6.38. The van der Waals surface area contributed by atoms with Gasteiger partial charge in [-0.3, -0.25) is 4.98 Å². The lowest BCUT2D eigenvalue weighted by Gasteiger charge is -2.08. The van der Waals surface area contributed by atoms with Crippen LogP contribution < -0.4 is 0 Å². The fourth-order valence-electron chi connectivity index (χ4n) is 0.916. The Labute approximate surface area is 79.6 Å². The van der Waals surface area contributed by atoms with Gasteiger partial charge in [-0.1, -0.05) is 16.7 Å². The van der Waals surface area contributed by atoms with Gasteiger partial charge in [0.1, 0.15) is 0 Å². The van der Waals surface area contributed by atoms with Gasteiger partial charge in [0, 0.05) is 17.3 Å². The first kappa shape index (κ1) is 9.80. The Morgan fingerprint density at radius 3 is 3.08 bits per heavy atom. The number of azide groups is 1. The number of rotatable bonds is 3. The molecule has 1 heterocycles. The molecule has 1 rings (SSSR count). The number of halogens is 1. The first-order valence-corrected chi connectivity index (χ1v) is 3.92. The molecule has 0 amide bonds. The maximum Gasteiger partial charge on any atom is 0.0871 e. The van der Waals surface area contributed by atoms with E-state index in [1.165, 1.54) is 12.4 Å². The minimum Gasteiger partial charge on any atom is -0.396 e. The average molecular weight is 199 g/mol. The zero-order valence-electron chi connectivity index (χ0n) is 6.63. The van der Waals surface area contributed by atoms with E-state index in [0.717, 1.165) is 0 Å². The molecule has 0 aliphatic heterocycles. The molecule has 0 saturated heterocycles. The maximum absolute atomic E-state index is 8.89. The molecule has 1 N–H and O–H groups in total. The molecule has 0 aliphatic carbocycles. The van der Waals surface area contributed by atoms with Gasteiger partial charge < -0.3 is 5.11 Å². The molecule has 6 heteroatoms. The minimum atomic E-state index is -0.638. The predicted octanol–water partition coefficient (Wildman–Crippen LogP) is 2.08. The van der Waals surface area contributed by atoms with Gasteiger partial charge in [0.15, 0.2) is 0 Å². The van der Waals surface area contributed by atoms with Gasteiger partial charge in [-0.25, -0.2) is 0 Å². The summed E-state index contributed by atoms with van der Waals surface area (Å²) in [6.07, 6.45) is 2.96. The first-order chi connectivity index (χ1) is 6.29. The lowest BCUT2D eigenvalue weighted by atomic mass is 10.1. The molecular formula is C7H7ClN4O. The van der Waals surface area contributed by atoms with Gasteiger partial charge in [0.2, 0.25) is 0 Å². The van der Waals surface area contributed by atoms with E-state index in [0.29, 0.717) is 10.6 Å². The Morgan fingerprint density at radius 1 is 1.77 bits per heavy atom. The second-order valence-corrected chi connectivity index (χ2v) is 2.71. The monoisotopic (exact) mass is 198 g/mol. The summed E-state index contributed by atoms with van der Waals surface area (Å²) >= 11 is 5.78. The minimum absolute atomic E-state index is 0.270. The Hall–Kier alpha value is -1.29. The van der Waals surface area contributed by atoms with Crippen LogP contribution in [0, 0.1) is 0 Å². The number of hydrogen-bond donors (Lipinski definition) is 1. The fraction of sp³-hybridized carbons (Fsp3) is 0.286. The molecule has 0 fully saturated rings. The van der Waals surface area contributed by atoms with Crippen LogP contribution in [0.2, 0.25) is 5.02 Å². The zero-order valence-corrected chi connectivity index (χ0v) is 7.39. The van der Waals surface area contributed by atoms with Gasteiger partial charge in [-0.2, -0.15) is 0 Å². The van der Waals surface area contributed by atoms with Crippen molar-refractivity contribution in [3.8, 4) is 0 Å². The predicted molar refractivity (Wildman–Crippen MR) is 48.2 cm³/mol. The van der Waals surface area contributed by atoms with Crippen LogP contribution in [0.3, 0.4) is 0 Å². The molecule has 5 nitrogen and oxygen atoms in total. The molecule has 0 radical (unpaired) electrons. The molecule has 0 aromatic carbocycles. The van der Waals surface area contributed by atoms with Crippen LogP contribution in [0.15, 0.2) is 23.6 Å². The van der Waals surface area contributed by atoms with E-state index in [4.69, 9.17) is 22.2 Å². The van der Waals surface area contributed by atoms with Crippen LogP contribution in [0.4, 0.5) is 0 Å². The number of aromatic nitrogens is 1. The van der Waals surface area contributed by atoms with Crippen molar-refractivity contribution in [2.75, 3.05) is 6.61 Å². The SMILES string of the molecule is [N-]=[N+]=NC(CO)c1ccncc1Cl. The number of nitrogens with zero attached hydrogens (tertiary/aromatic N) is 4. The molecule has 1 atom stereocenters. The molecule has 0 aliphatic rings. The Kier molecular flexibility index (Phi) is 3.52. The zero-order chi connectivity index (χ0) is 9.68. The molecule has 0 bridgehead atoms. The molecular weight excluding hydrogens is 192 g/mol. The normalized spacial score (nSPS) is 11.8. The van der Waals surface area contributed by atoms with Crippen molar-refractivity contribution in [2.24, 2.45) is 5.11 Å². The van der Waals surface area contributed by atoms with E-state index in [1.807, 2.05) is 0 Å². The highest BCUT2D eigenvalue weighted by molar-refractivity contribution is 6.31. The fourth-order valence-corrected chi connectivity index (χ4v) is 1.16. The first-order valence-electron chi connectivity index (χ1n) is 3.54. The largest absolute Gasteiger partial charge is 0.396 e. The van der Waals surface area contributed by atoms with Crippen LogP contribution in [-0.4, -0.2) is 16.7 Å². The van der Waals surface area contributed by atoms with Crippen molar-refractivity contribution >= 4 is 11.6 Å². The number of hydrogen-bond acceptors (Lipinski definition) is 3. The summed E-state index contributed by atoms with van der Waals surface area (Å²) in [6, 6.07) is 0.971. The highest BCUT2D eigenvalue weighted by Crippen LogP contribution is 2.24. The standard InChI is InChI=1S/C7H7ClN4O/c8-6-3-10-2-1-5(6)7(4-13)11-12-9/h1-3,7,13H,4H2. The van der Waals surface area contributed by atoms with Gasteiger partial charge in [0.05, 0.1) is 17.7 Å². The van der Waals surface area contributed by atoms with E-state index in [1.54, 1.807) is 6.07 Å². The van der Waals surface area contributed by atoms with Crippen LogP contribution in [0.25, 0.3) is 10.4 Å². The molecule has 1 unspecified atom stereocenters. The van der Waals surface area contributed by atoms with Crippen molar-refractivity contribution in [2.45, 2.75) is 6.04 Å².